The molecule has 5 heteroatoms. The van der Waals surface area contributed by atoms with Gasteiger partial charge in [-0.3, -0.25) is 0 Å². The van der Waals surface area contributed by atoms with Crippen LogP contribution in [0.25, 0.3) is 0 Å². The van der Waals surface area contributed by atoms with E-state index in [1.807, 2.05) is 6.07 Å². The quantitative estimate of drug-likeness (QED) is 0.783. The van der Waals surface area contributed by atoms with E-state index in [0.29, 0.717) is 11.3 Å². The van der Waals surface area contributed by atoms with Crippen LogP contribution in [0.3, 0.4) is 0 Å². The van der Waals surface area contributed by atoms with Crippen molar-refractivity contribution < 1.29 is 19.7 Å². The van der Waals surface area contributed by atoms with Gasteiger partial charge in [0.15, 0.2) is 0 Å². The highest BCUT2D eigenvalue weighted by Crippen LogP contribution is 2.14. The number of aliphatic carboxylic acids is 1. The molecule has 0 saturated carbocycles. The minimum Gasteiger partial charge on any atom is -0.478 e. The Kier molecular flexibility index (Phi) is 3.86. The zero-order valence-corrected chi connectivity index (χ0v) is 8.62. The first-order valence-electron chi connectivity index (χ1n) is 4.62. The van der Waals surface area contributed by atoms with E-state index in [1.165, 1.54) is 31.2 Å². The predicted molar refractivity (Wildman–Crippen MR) is 54.9 cm³/mol. The molecule has 16 heavy (non-hydrogen) atoms. The number of carboxylic acid groups (broad SMARTS) is 1. The lowest BCUT2D eigenvalue weighted by molar-refractivity contribution is -0.149. The molecule has 1 aromatic rings. The van der Waals surface area contributed by atoms with Gasteiger partial charge >= 0.3 is 5.97 Å². The second kappa shape index (κ2) is 5.14. The molecule has 2 unspecified atom stereocenters. The number of rotatable bonds is 4. The molecular weight excluding hydrogens is 210 g/mol. The van der Waals surface area contributed by atoms with E-state index in [1.54, 1.807) is 0 Å². The van der Waals surface area contributed by atoms with Gasteiger partial charge in [0.2, 0.25) is 6.10 Å². The number of hydrogen-bond acceptors (Lipinski definition) is 4. The average Bonchev–Trinajstić information content (AvgIpc) is 2.25. The van der Waals surface area contributed by atoms with Crippen molar-refractivity contribution in [2.75, 3.05) is 0 Å². The molecule has 0 saturated heterocycles. The largest absolute Gasteiger partial charge is 0.478 e. The number of carboxylic acids is 1. The number of benzene rings is 1. The maximum atomic E-state index is 10.7. The fourth-order valence-corrected chi connectivity index (χ4v) is 1.11. The van der Waals surface area contributed by atoms with E-state index >= 15 is 0 Å². The van der Waals surface area contributed by atoms with Gasteiger partial charge in [0, 0.05) is 0 Å². The minimum absolute atomic E-state index is 0.298. The third-order valence-corrected chi connectivity index (χ3v) is 1.93. The van der Waals surface area contributed by atoms with Crippen molar-refractivity contribution in [1.82, 2.24) is 0 Å². The zero-order valence-electron chi connectivity index (χ0n) is 8.62. The molecule has 0 spiro atoms. The standard InChI is InChI=1S/C11H11NO4/c1-7(13)10(11(14)15)16-9-4-2-8(6-12)3-5-9/h2-5,7,10,13H,1H3,(H,14,15). The highest BCUT2D eigenvalue weighted by molar-refractivity contribution is 5.73. The van der Waals surface area contributed by atoms with Crippen LogP contribution in [0.5, 0.6) is 5.75 Å². The fraction of sp³-hybridized carbons (Fsp3) is 0.273. The first kappa shape index (κ1) is 12.0. The number of nitrogens with zero attached hydrogens (tertiary/aromatic N) is 1. The van der Waals surface area contributed by atoms with E-state index in [-0.39, 0.29) is 0 Å². The molecule has 1 rings (SSSR count). The Morgan fingerprint density at radius 2 is 2.00 bits per heavy atom. The normalized spacial score (nSPS) is 13.6. The number of nitriles is 1. The van der Waals surface area contributed by atoms with Crippen LogP contribution in [0, 0.1) is 11.3 Å². The Balaban J connectivity index is 2.78. The van der Waals surface area contributed by atoms with Crippen molar-refractivity contribution in [3.8, 4) is 11.8 Å². The van der Waals surface area contributed by atoms with Crippen LogP contribution >= 0.6 is 0 Å². The third kappa shape index (κ3) is 2.97. The van der Waals surface area contributed by atoms with Crippen LogP contribution in [0.1, 0.15) is 12.5 Å². The van der Waals surface area contributed by atoms with Gasteiger partial charge in [-0.1, -0.05) is 0 Å². The lowest BCUT2D eigenvalue weighted by Gasteiger charge is -2.17. The smallest absolute Gasteiger partial charge is 0.347 e. The van der Waals surface area contributed by atoms with Gasteiger partial charge in [-0.2, -0.15) is 5.26 Å². The van der Waals surface area contributed by atoms with Crippen LogP contribution in [0.2, 0.25) is 0 Å². The van der Waals surface area contributed by atoms with Crippen LogP contribution in [0.4, 0.5) is 0 Å². The molecule has 1 aromatic carbocycles. The molecule has 0 amide bonds. The molecule has 2 atom stereocenters. The second-order valence-corrected chi connectivity index (χ2v) is 3.25. The van der Waals surface area contributed by atoms with Gasteiger partial charge in [0.1, 0.15) is 5.75 Å². The second-order valence-electron chi connectivity index (χ2n) is 3.25. The van der Waals surface area contributed by atoms with E-state index in [9.17, 15) is 9.90 Å². The molecule has 0 heterocycles. The summed E-state index contributed by atoms with van der Waals surface area (Å²) in [5.74, 6) is -0.938. The fourth-order valence-electron chi connectivity index (χ4n) is 1.11. The van der Waals surface area contributed by atoms with Crippen molar-refractivity contribution in [3.63, 3.8) is 0 Å². The topological polar surface area (TPSA) is 90.5 Å². The lowest BCUT2D eigenvalue weighted by atomic mass is 10.2. The monoisotopic (exact) mass is 221 g/mol. The van der Waals surface area contributed by atoms with Gasteiger partial charge in [-0.15, -0.1) is 0 Å². The summed E-state index contributed by atoms with van der Waals surface area (Å²) in [6, 6.07) is 7.92. The molecule has 0 aromatic heterocycles. The molecular formula is C11H11NO4. The maximum Gasteiger partial charge on any atom is 0.347 e. The van der Waals surface area contributed by atoms with Crippen molar-refractivity contribution >= 4 is 5.97 Å². The predicted octanol–water partition coefficient (Wildman–Crippen LogP) is 0.771. The number of aliphatic hydroxyl groups excluding tert-OH is 1. The molecule has 2 N–H and O–H groups in total. The number of hydrogen-bond donors (Lipinski definition) is 2. The average molecular weight is 221 g/mol. The Labute approximate surface area is 92.5 Å². The van der Waals surface area contributed by atoms with E-state index < -0.39 is 18.2 Å². The Bertz CT molecular complexity index is 405. The summed E-state index contributed by atoms with van der Waals surface area (Å²) in [6.07, 6.45) is -2.43. The van der Waals surface area contributed by atoms with E-state index in [4.69, 9.17) is 15.1 Å². The van der Waals surface area contributed by atoms with Crippen molar-refractivity contribution in [1.29, 1.82) is 5.26 Å². The lowest BCUT2D eigenvalue weighted by Crippen LogP contribution is -2.37. The molecule has 84 valence electrons. The summed E-state index contributed by atoms with van der Waals surface area (Å²) in [4.78, 5) is 10.7. The van der Waals surface area contributed by atoms with Gasteiger partial charge in [-0.25, -0.2) is 4.79 Å². The highest BCUT2D eigenvalue weighted by atomic mass is 16.5. The molecule has 5 nitrogen and oxygen atoms in total. The first-order valence-corrected chi connectivity index (χ1v) is 4.62. The van der Waals surface area contributed by atoms with Crippen LogP contribution in [-0.2, 0) is 4.79 Å². The van der Waals surface area contributed by atoms with Gasteiger partial charge < -0.3 is 14.9 Å². The van der Waals surface area contributed by atoms with Crippen LogP contribution < -0.4 is 4.74 Å². The van der Waals surface area contributed by atoms with Crippen molar-refractivity contribution in [3.05, 3.63) is 29.8 Å². The maximum absolute atomic E-state index is 10.7. The Morgan fingerprint density at radius 1 is 1.44 bits per heavy atom. The summed E-state index contributed by atoms with van der Waals surface area (Å²) in [6.45, 7) is 1.34. The molecule has 0 radical (unpaired) electrons. The SMILES string of the molecule is CC(O)C(Oc1ccc(C#N)cc1)C(=O)O. The van der Waals surface area contributed by atoms with E-state index in [2.05, 4.69) is 0 Å². The molecule has 0 aliphatic heterocycles. The van der Waals surface area contributed by atoms with Crippen molar-refractivity contribution in [2.24, 2.45) is 0 Å². The van der Waals surface area contributed by atoms with Gasteiger partial charge in [0.25, 0.3) is 0 Å². The van der Waals surface area contributed by atoms with E-state index in [0.717, 1.165) is 0 Å². The molecule has 0 aliphatic rings. The number of ether oxygens (including phenoxy) is 1. The summed E-state index contributed by atoms with van der Waals surface area (Å²) in [5.41, 5.74) is 0.455. The summed E-state index contributed by atoms with van der Waals surface area (Å²) in [7, 11) is 0. The van der Waals surface area contributed by atoms with Gasteiger partial charge in [-0.05, 0) is 31.2 Å². The number of aliphatic hydroxyl groups is 1. The highest BCUT2D eigenvalue weighted by Gasteiger charge is 2.24. The first-order chi connectivity index (χ1) is 7.54. The van der Waals surface area contributed by atoms with Gasteiger partial charge in [0.05, 0.1) is 17.7 Å². The Morgan fingerprint density at radius 3 is 2.38 bits per heavy atom. The molecule has 0 fully saturated rings. The summed E-state index contributed by atoms with van der Waals surface area (Å²) < 4.78 is 5.08. The van der Waals surface area contributed by atoms with Crippen LogP contribution in [-0.4, -0.2) is 28.4 Å². The van der Waals surface area contributed by atoms with Crippen molar-refractivity contribution in [2.45, 2.75) is 19.1 Å². The molecule has 0 aliphatic carbocycles. The summed E-state index contributed by atoms with van der Waals surface area (Å²) >= 11 is 0. The van der Waals surface area contributed by atoms with Crippen LogP contribution in [0.15, 0.2) is 24.3 Å². The third-order valence-electron chi connectivity index (χ3n) is 1.93. The molecule has 0 bridgehead atoms. The Hall–Kier alpha value is -2.06. The zero-order chi connectivity index (χ0) is 12.1. The minimum atomic E-state index is -1.31. The number of carbonyl (C=O) groups is 1. The summed E-state index contributed by atoms with van der Waals surface area (Å²) in [5, 5.41) is 26.5.